The number of nitrogens with two attached hydrogens (primary N) is 1. The molecule has 0 radical (unpaired) electrons. The van der Waals surface area contributed by atoms with E-state index in [4.69, 9.17) is 5.73 Å². The predicted octanol–water partition coefficient (Wildman–Crippen LogP) is 2.02. The van der Waals surface area contributed by atoms with Crippen molar-refractivity contribution in [2.75, 3.05) is 18.1 Å². The van der Waals surface area contributed by atoms with Gasteiger partial charge in [-0.25, -0.2) is 8.42 Å². The quantitative estimate of drug-likeness (QED) is 0.783. The van der Waals surface area contributed by atoms with Crippen molar-refractivity contribution in [1.29, 1.82) is 0 Å². The fraction of sp³-hybridized carbons (Fsp3) is 0.571. The second-order valence-electron chi connectivity index (χ2n) is 5.77. The summed E-state index contributed by atoms with van der Waals surface area (Å²) in [7, 11) is -3.10. The fourth-order valence-corrected chi connectivity index (χ4v) is 2.94. The summed E-state index contributed by atoms with van der Waals surface area (Å²) in [5.41, 5.74) is 7.01. The van der Waals surface area contributed by atoms with E-state index in [1.807, 2.05) is 0 Å². The minimum Gasteiger partial charge on any atom is -0.385 e. The summed E-state index contributed by atoms with van der Waals surface area (Å²) in [5.74, 6) is 0.668. The van der Waals surface area contributed by atoms with Gasteiger partial charge in [-0.15, -0.1) is 0 Å². The van der Waals surface area contributed by atoms with Gasteiger partial charge in [0.1, 0.15) is 0 Å². The lowest BCUT2D eigenvalue weighted by Gasteiger charge is -2.08. The van der Waals surface area contributed by atoms with Crippen molar-refractivity contribution < 1.29 is 8.42 Å². The zero-order valence-electron chi connectivity index (χ0n) is 11.5. The number of nitrogens with one attached hydrogen (secondary N) is 1. The molecule has 2 rings (SSSR count). The number of benzene rings is 1. The van der Waals surface area contributed by atoms with Gasteiger partial charge in [-0.05, 0) is 56.4 Å². The molecule has 0 saturated heterocycles. The maximum Gasteiger partial charge on any atom is 0.175 e. The summed E-state index contributed by atoms with van der Waals surface area (Å²) in [5, 5.41) is 3.30. The second kappa shape index (κ2) is 5.13. The lowest BCUT2D eigenvalue weighted by atomic mass is 10.1. The Bertz CT molecular complexity index is 535. The molecule has 0 aliphatic heterocycles. The monoisotopic (exact) mass is 282 g/mol. The van der Waals surface area contributed by atoms with Gasteiger partial charge in [-0.2, -0.15) is 0 Å². The van der Waals surface area contributed by atoms with Crippen LogP contribution in [0.3, 0.4) is 0 Å². The Hall–Kier alpha value is -1.07. The molecule has 5 heteroatoms. The van der Waals surface area contributed by atoms with E-state index in [9.17, 15) is 8.42 Å². The molecule has 1 aliphatic rings. The van der Waals surface area contributed by atoms with E-state index < -0.39 is 9.84 Å². The Kier molecular flexibility index (Phi) is 3.87. The number of anilines is 1. The lowest BCUT2D eigenvalue weighted by molar-refractivity contribution is 0.590. The molecule has 2 atom stereocenters. The number of rotatable bonds is 6. The number of sulfone groups is 1. The van der Waals surface area contributed by atoms with E-state index in [0.29, 0.717) is 10.8 Å². The largest absolute Gasteiger partial charge is 0.385 e. The summed E-state index contributed by atoms with van der Waals surface area (Å²) in [6.07, 6.45) is 4.59. The average molecular weight is 282 g/mol. The van der Waals surface area contributed by atoms with E-state index in [-0.39, 0.29) is 5.54 Å². The van der Waals surface area contributed by atoms with Crippen LogP contribution >= 0.6 is 0 Å². The highest BCUT2D eigenvalue weighted by molar-refractivity contribution is 7.90. The van der Waals surface area contributed by atoms with E-state index in [0.717, 1.165) is 31.5 Å². The van der Waals surface area contributed by atoms with Gasteiger partial charge in [0.05, 0.1) is 4.90 Å². The first kappa shape index (κ1) is 14.3. The van der Waals surface area contributed by atoms with Crippen molar-refractivity contribution in [1.82, 2.24) is 0 Å². The second-order valence-corrected chi connectivity index (χ2v) is 7.79. The van der Waals surface area contributed by atoms with Gasteiger partial charge in [0.25, 0.3) is 0 Å². The van der Waals surface area contributed by atoms with Gasteiger partial charge in [0.2, 0.25) is 0 Å². The van der Waals surface area contributed by atoms with Crippen molar-refractivity contribution in [2.45, 2.75) is 36.6 Å². The van der Waals surface area contributed by atoms with Crippen LogP contribution in [0.25, 0.3) is 0 Å². The van der Waals surface area contributed by atoms with Crippen molar-refractivity contribution in [3.8, 4) is 0 Å². The van der Waals surface area contributed by atoms with E-state index in [2.05, 4.69) is 12.2 Å². The molecule has 0 heterocycles. The summed E-state index contributed by atoms with van der Waals surface area (Å²) < 4.78 is 22.6. The summed E-state index contributed by atoms with van der Waals surface area (Å²) in [6, 6.07) is 6.88. The van der Waals surface area contributed by atoms with Crippen LogP contribution in [0.15, 0.2) is 29.2 Å². The third-order valence-electron chi connectivity index (χ3n) is 3.80. The van der Waals surface area contributed by atoms with E-state index >= 15 is 0 Å². The smallest absolute Gasteiger partial charge is 0.175 e. The van der Waals surface area contributed by atoms with Crippen LogP contribution in [0.1, 0.15) is 26.2 Å². The SMILES string of the molecule is CC1(N)CC1CCCNc1ccc(S(C)(=O)=O)cc1. The maximum absolute atomic E-state index is 11.3. The Morgan fingerprint density at radius 3 is 2.42 bits per heavy atom. The third kappa shape index (κ3) is 3.94. The Morgan fingerprint density at radius 2 is 1.95 bits per heavy atom. The number of hydrogen-bond acceptors (Lipinski definition) is 4. The normalized spacial score (nSPS) is 26.2. The standard InChI is InChI=1S/C14H22N2O2S/c1-14(15)10-11(14)4-3-9-16-12-5-7-13(8-6-12)19(2,17)18/h5-8,11,16H,3-4,9-10,15H2,1-2H3. The van der Waals surface area contributed by atoms with Gasteiger partial charge >= 0.3 is 0 Å². The summed E-state index contributed by atoms with van der Waals surface area (Å²) >= 11 is 0. The molecule has 1 saturated carbocycles. The molecule has 4 nitrogen and oxygen atoms in total. The molecular formula is C14H22N2O2S. The van der Waals surface area contributed by atoms with Crippen LogP contribution in [0.4, 0.5) is 5.69 Å². The van der Waals surface area contributed by atoms with Crippen molar-refractivity contribution in [3.05, 3.63) is 24.3 Å². The molecule has 1 fully saturated rings. The van der Waals surface area contributed by atoms with E-state index in [1.54, 1.807) is 24.3 Å². The van der Waals surface area contributed by atoms with Gasteiger partial charge in [-0.1, -0.05) is 0 Å². The average Bonchev–Trinajstić information content (AvgIpc) is 2.92. The highest BCUT2D eigenvalue weighted by atomic mass is 32.2. The highest BCUT2D eigenvalue weighted by Gasteiger charge is 2.45. The first-order chi connectivity index (χ1) is 8.79. The topological polar surface area (TPSA) is 72.2 Å². The summed E-state index contributed by atoms with van der Waals surface area (Å²) in [6.45, 7) is 3.00. The Morgan fingerprint density at radius 1 is 1.37 bits per heavy atom. The molecule has 0 amide bonds. The van der Waals surface area contributed by atoms with Crippen molar-refractivity contribution in [3.63, 3.8) is 0 Å². The van der Waals surface area contributed by atoms with Crippen LogP contribution in [0.5, 0.6) is 0 Å². The van der Waals surface area contributed by atoms with E-state index in [1.165, 1.54) is 6.26 Å². The Labute approximate surface area is 115 Å². The lowest BCUT2D eigenvalue weighted by Crippen LogP contribution is -2.19. The molecule has 106 valence electrons. The van der Waals surface area contributed by atoms with Crippen LogP contribution in [0.2, 0.25) is 0 Å². The molecule has 1 aromatic rings. The first-order valence-corrected chi connectivity index (χ1v) is 8.51. The maximum atomic E-state index is 11.3. The molecular weight excluding hydrogens is 260 g/mol. The summed E-state index contributed by atoms with van der Waals surface area (Å²) in [4.78, 5) is 0.356. The predicted molar refractivity (Wildman–Crippen MR) is 78.0 cm³/mol. The number of hydrogen-bond donors (Lipinski definition) is 2. The van der Waals surface area contributed by atoms with Gasteiger partial charge in [0, 0.05) is 24.0 Å². The minimum absolute atomic E-state index is 0.0666. The molecule has 2 unspecified atom stereocenters. The van der Waals surface area contributed by atoms with Crippen LogP contribution < -0.4 is 11.1 Å². The van der Waals surface area contributed by atoms with Crippen molar-refractivity contribution >= 4 is 15.5 Å². The first-order valence-electron chi connectivity index (χ1n) is 6.62. The molecule has 19 heavy (non-hydrogen) atoms. The molecule has 3 N–H and O–H groups in total. The van der Waals surface area contributed by atoms with Gasteiger partial charge in [-0.3, -0.25) is 0 Å². The molecule has 0 spiro atoms. The zero-order chi connectivity index (χ0) is 14.1. The molecule has 1 aromatic carbocycles. The third-order valence-corrected chi connectivity index (χ3v) is 4.93. The van der Waals surface area contributed by atoms with Crippen LogP contribution in [-0.4, -0.2) is 26.8 Å². The van der Waals surface area contributed by atoms with Gasteiger partial charge < -0.3 is 11.1 Å². The highest BCUT2D eigenvalue weighted by Crippen LogP contribution is 2.43. The van der Waals surface area contributed by atoms with Crippen LogP contribution in [-0.2, 0) is 9.84 Å². The minimum atomic E-state index is -3.10. The fourth-order valence-electron chi connectivity index (χ4n) is 2.30. The molecule has 0 bridgehead atoms. The zero-order valence-corrected chi connectivity index (χ0v) is 12.3. The molecule has 0 aromatic heterocycles. The van der Waals surface area contributed by atoms with Crippen molar-refractivity contribution in [2.24, 2.45) is 11.7 Å². The van der Waals surface area contributed by atoms with Crippen LogP contribution in [0, 0.1) is 5.92 Å². The van der Waals surface area contributed by atoms with Gasteiger partial charge in [0.15, 0.2) is 9.84 Å². The Balaban J connectivity index is 1.75. The molecule has 1 aliphatic carbocycles.